The van der Waals surface area contributed by atoms with Crippen molar-refractivity contribution in [2.75, 3.05) is 32.0 Å². The molecule has 0 bridgehead atoms. The fourth-order valence-electron chi connectivity index (χ4n) is 3.11. The van der Waals surface area contributed by atoms with Crippen LogP contribution in [0.25, 0.3) is 10.9 Å². The lowest BCUT2D eigenvalue weighted by molar-refractivity contribution is 0.217. The number of benzene rings is 1. The molecular formula is C17H23N3O. The molecular weight excluding hydrogens is 262 g/mol. The van der Waals surface area contributed by atoms with Gasteiger partial charge in [0.25, 0.3) is 0 Å². The van der Waals surface area contributed by atoms with Crippen LogP contribution in [0.15, 0.2) is 30.3 Å². The number of likely N-dealkylation sites (tertiary alicyclic amines) is 1. The number of hydrogen-bond acceptors (Lipinski definition) is 4. The van der Waals surface area contributed by atoms with Gasteiger partial charge in [-0.3, -0.25) is 0 Å². The molecule has 3 rings (SSSR count). The number of hydrogen-bond donors (Lipinski definition) is 2. The number of nitrogens with one attached hydrogen (secondary N) is 1. The van der Waals surface area contributed by atoms with Gasteiger partial charge in [-0.15, -0.1) is 0 Å². The molecule has 0 spiro atoms. The topological polar surface area (TPSA) is 48.4 Å². The van der Waals surface area contributed by atoms with Crippen LogP contribution in [0.3, 0.4) is 0 Å². The van der Waals surface area contributed by atoms with E-state index in [2.05, 4.69) is 22.2 Å². The van der Waals surface area contributed by atoms with Crippen molar-refractivity contribution in [2.45, 2.75) is 19.4 Å². The number of anilines is 1. The molecule has 2 N–H and O–H groups in total. The quantitative estimate of drug-likeness (QED) is 0.906. The number of rotatable bonds is 4. The minimum absolute atomic E-state index is 0.0186. The summed E-state index contributed by atoms with van der Waals surface area (Å²) in [6.45, 7) is 3.27. The Morgan fingerprint density at radius 3 is 3.05 bits per heavy atom. The molecule has 1 aliphatic rings. The molecule has 1 aliphatic heterocycles. The molecule has 1 atom stereocenters. The van der Waals surface area contributed by atoms with Crippen molar-refractivity contribution in [3.05, 3.63) is 35.9 Å². The highest BCUT2D eigenvalue weighted by atomic mass is 16.3. The second kappa shape index (κ2) is 6.41. The number of piperidine rings is 1. The molecule has 2 aromatic rings. The van der Waals surface area contributed by atoms with E-state index in [9.17, 15) is 5.11 Å². The lowest BCUT2D eigenvalue weighted by Crippen LogP contribution is -2.35. The summed E-state index contributed by atoms with van der Waals surface area (Å²) in [5.74, 6) is 1.48. The highest BCUT2D eigenvalue weighted by Gasteiger charge is 2.17. The third-order valence-corrected chi connectivity index (χ3v) is 4.25. The van der Waals surface area contributed by atoms with E-state index in [1.807, 2.05) is 30.3 Å². The monoisotopic (exact) mass is 285 g/mol. The Morgan fingerprint density at radius 1 is 1.38 bits per heavy atom. The lowest BCUT2D eigenvalue weighted by atomic mass is 9.98. The zero-order chi connectivity index (χ0) is 14.7. The van der Waals surface area contributed by atoms with Crippen molar-refractivity contribution < 1.29 is 5.11 Å². The molecule has 1 aromatic carbocycles. The third kappa shape index (κ3) is 3.34. The van der Waals surface area contributed by atoms with Crippen LogP contribution in [0.4, 0.5) is 5.82 Å². The van der Waals surface area contributed by atoms with E-state index in [0.717, 1.165) is 35.4 Å². The van der Waals surface area contributed by atoms with Gasteiger partial charge in [-0.1, -0.05) is 18.2 Å². The Bertz CT molecular complexity index is 614. The lowest BCUT2D eigenvalue weighted by Gasteiger charge is -2.30. The zero-order valence-corrected chi connectivity index (χ0v) is 12.5. The molecule has 1 fully saturated rings. The van der Waals surface area contributed by atoms with E-state index < -0.39 is 0 Å². The van der Waals surface area contributed by atoms with Crippen LogP contribution in [0.2, 0.25) is 0 Å². The number of fused-ring (bicyclic) bond motifs is 1. The Hall–Kier alpha value is -1.65. The van der Waals surface area contributed by atoms with E-state index in [1.165, 1.54) is 19.4 Å². The molecule has 112 valence electrons. The van der Waals surface area contributed by atoms with Crippen molar-refractivity contribution in [3.63, 3.8) is 0 Å². The van der Waals surface area contributed by atoms with Gasteiger partial charge in [0.05, 0.1) is 12.1 Å². The van der Waals surface area contributed by atoms with Crippen molar-refractivity contribution >= 4 is 16.7 Å². The Kier molecular flexibility index (Phi) is 4.36. The maximum Gasteiger partial charge on any atom is 0.132 e. The number of nitrogens with zero attached hydrogens (tertiary/aromatic N) is 2. The van der Waals surface area contributed by atoms with Crippen LogP contribution < -0.4 is 5.32 Å². The smallest absolute Gasteiger partial charge is 0.132 e. The van der Waals surface area contributed by atoms with Crippen LogP contribution in [0.1, 0.15) is 18.4 Å². The van der Waals surface area contributed by atoms with Crippen LogP contribution in [-0.2, 0) is 6.61 Å². The van der Waals surface area contributed by atoms with Gasteiger partial charge in [-0.25, -0.2) is 4.98 Å². The summed E-state index contributed by atoms with van der Waals surface area (Å²) in [4.78, 5) is 7.05. The number of aliphatic hydroxyl groups excluding tert-OH is 1. The van der Waals surface area contributed by atoms with E-state index >= 15 is 0 Å². The molecule has 0 amide bonds. The average molecular weight is 285 g/mol. The molecule has 21 heavy (non-hydrogen) atoms. The van der Waals surface area contributed by atoms with Crippen molar-refractivity contribution in [3.8, 4) is 0 Å². The maximum absolute atomic E-state index is 9.57. The fraction of sp³-hybridized carbons (Fsp3) is 0.471. The Balaban J connectivity index is 1.76. The molecule has 0 saturated carbocycles. The number of aliphatic hydroxyl groups is 1. The third-order valence-electron chi connectivity index (χ3n) is 4.25. The molecule has 4 heteroatoms. The molecule has 4 nitrogen and oxygen atoms in total. The molecule has 0 radical (unpaired) electrons. The first kappa shape index (κ1) is 14.3. The summed E-state index contributed by atoms with van der Waals surface area (Å²) in [5, 5.41) is 14.1. The predicted octanol–water partition coefficient (Wildman–Crippen LogP) is 2.48. The predicted molar refractivity (Wildman–Crippen MR) is 86.4 cm³/mol. The maximum atomic E-state index is 9.57. The van der Waals surface area contributed by atoms with E-state index in [4.69, 9.17) is 0 Å². The molecule has 1 aromatic heterocycles. The van der Waals surface area contributed by atoms with E-state index in [1.54, 1.807) is 0 Å². The summed E-state index contributed by atoms with van der Waals surface area (Å²) < 4.78 is 0. The minimum Gasteiger partial charge on any atom is -0.392 e. The van der Waals surface area contributed by atoms with Gasteiger partial charge in [-0.2, -0.15) is 0 Å². The fourth-order valence-corrected chi connectivity index (χ4v) is 3.11. The summed E-state index contributed by atoms with van der Waals surface area (Å²) in [5.41, 5.74) is 1.84. The van der Waals surface area contributed by atoms with Gasteiger partial charge in [0.15, 0.2) is 0 Å². The van der Waals surface area contributed by atoms with Crippen molar-refractivity contribution in [1.82, 2.24) is 9.88 Å². The van der Waals surface area contributed by atoms with Gasteiger partial charge < -0.3 is 15.3 Å². The second-order valence-electron chi connectivity index (χ2n) is 6.00. The van der Waals surface area contributed by atoms with Crippen LogP contribution in [-0.4, -0.2) is 41.7 Å². The van der Waals surface area contributed by atoms with Gasteiger partial charge in [0.1, 0.15) is 5.82 Å². The largest absolute Gasteiger partial charge is 0.392 e. The van der Waals surface area contributed by atoms with Crippen LogP contribution in [0, 0.1) is 5.92 Å². The summed E-state index contributed by atoms with van der Waals surface area (Å²) in [6, 6.07) is 10.1. The Morgan fingerprint density at radius 2 is 2.24 bits per heavy atom. The first-order chi connectivity index (χ1) is 10.3. The van der Waals surface area contributed by atoms with E-state index in [0.29, 0.717) is 5.92 Å². The highest BCUT2D eigenvalue weighted by molar-refractivity contribution is 5.81. The zero-order valence-electron chi connectivity index (χ0n) is 12.5. The molecule has 2 heterocycles. The summed E-state index contributed by atoms with van der Waals surface area (Å²) in [7, 11) is 2.18. The average Bonchev–Trinajstić information content (AvgIpc) is 2.52. The summed E-state index contributed by atoms with van der Waals surface area (Å²) >= 11 is 0. The van der Waals surface area contributed by atoms with Gasteiger partial charge in [0, 0.05) is 24.0 Å². The first-order valence-electron chi connectivity index (χ1n) is 7.68. The Labute approximate surface area is 125 Å². The first-order valence-corrected chi connectivity index (χ1v) is 7.68. The molecule has 0 aliphatic carbocycles. The van der Waals surface area contributed by atoms with Crippen LogP contribution >= 0.6 is 0 Å². The van der Waals surface area contributed by atoms with Crippen LogP contribution in [0.5, 0.6) is 0 Å². The van der Waals surface area contributed by atoms with Gasteiger partial charge in [-0.05, 0) is 44.5 Å². The molecule has 1 unspecified atom stereocenters. The number of pyridine rings is 1. The highest BCUT2D eigenvalue weighted by Crippen LogP contribution is 2.22. The standard InChI is InChI=1S/C17H23N3O/c1-20-8-4-5-13(11-20)10-18-17-15(12-21)9-14-6-2-3-7-16(14)19-17/h2-3,6-7,9,13,21H,4-5,8,10-12H2,1H3,(H,18,19). The van der Waals surface area contributed by atoms with Crippen molar-refractivity contribution in [1.29, 1.82) is 0 Å². The van der Waals surface area contributed by atoms with Gasteiger partial charge in [0.2, 0.25) is 0 Å². The summed E-state index contributed by atoms with van der Waals surface area (Å²) in [6.07, 6.45) is 2.53. The van der Waals surface area contributed by atoms with Crippen molar-refractivity contribution in [2.24, 2.45) is 5.92 Å². The minimum atomic E-state index is 0.0186. The second-order valence-corrected chi connectivity index (χ2v) is 6.00. The number of aromatic nitrogens is 1. The number of para-hydroxylation sites is 1. The molecule has 1 saturated heterocycles. The SMILES string of the molecule is CN1CCCC(CNc2nc3ccccc3cc2CO)C1. The van der Waals surface area contributed by atoms with Gasteiger partial charge >= 0.3 is 0 Å². The van der Waals surface area contributed by atoms with E-state index in [-0.39, 0.29) is 6.61 Å². The normalized spacial score (nSPS) is 19.8.